The lowest BCUT2D eigenvalue weighted by molar-refractivity contribution is 0.272. The highest BCUT2D eigenvalue weighted by atomic mass is 35.5. The molecule has 1 unspecified atom stereocenters. The Kier molecular flexibility index (Phi) is 8.99. The summed E-state index contributed by atoms with van der Waals surface area (Å²) in [5, 5.41) is 4.62. The predicted octanol–water partition coefficient (Wildman–Crippen LogP) is 5.96. The Labute approximate surface area is 175 Å². The first kappa shape index (κ1) is 23.2. The Morgan fingerprint density at radius 2 is 1.81 bits per heavy atom. The third-order valence-corrected chi connectivity index (χ3v) is 5.04. The highest BCUT2D eigenvalue weighted by Gasteiger charge is 2.20. The van der Waals surface area contributed by atoms with Crippen molar-refractivity contribution in [3.63, 3.8) is 0 Å². The maximum Gasteiger partial charge on any atom is 0.184 e. The maximum absolute atomic E-state index is 14.7. The molecule has 0 saturated heterocycles. The SMILES string of the molecule is CNc1nc(C(C)c2ccc(-c3ccccc3)c(F)c2)c(NOC)s1.Cl.Cl. The number of aromatic nitrogens is 1. The first-order valence-electron chi connectivity index (χ1n) is 7.96. The minimum absolute atomic E-state index is 0. The first-order chi connectivity index (χ1) is 12.1. The van der Waals surface area contributed by atoms with E-state index in [9.17, 15) is 4.39 Å². The van der Waals surface area contributed by atoms with Gasteiger partial charge in [-0.2, -0.15) is 0 Å². The van der Waals surface area contributed by atoms with Crippen LogP contribution in [0.5, 0.6) is 0 Å². The van der Waals surface area contributed by atoms with Crippen molar-refractivity contribution in [3.8, 4) is 11.1 Å². The van der Waals surface area contributed by atoms with E-state index >= 15 is 0 Å². The maximum atomic E-state index is 14.7. The Balaban J connectivity index is 0.00000182. The van der Waals surface area contributed by atoms with Crippen molar-refractivity contribution in [1.29, 1.82) is 0 Å². The molecule has 27 heavy (non-hydrogen) atoms. The van der Waals surface area contributed by atoms with Crippen LogP contribution in [0.1, 0.15) is 24.1 Å². The molecule has 0 bridgehead atoms. The molecule has 3 rings (SSSR count). The van der Waals surface area contributed by atoms with Gasteiger partial charge in [0, 0.05) is 18.5 Å². The minimum atomic E-state index is -0.235. The van der Waals surface area contributed by atoms with Gasteiger partial charge in [-0.25, -0.2) is 9.37 Å². The minimum Gasteiger partial charge on any atom is -0.365 e. The normalized spacial score (nSPS) is 11.1. The summed E-state index contributed by atoms with van der Waals surface area (Å²) in [7, 11) is 3.37. The van der Waals surface area contributed by atoms with Crippen LogP contribution in [0.2, 0.25) is 0 Å². The summed E-state index contributed by atoms with van der Waals surface area (Å²) in [4.78, 5) is 9.61. The fourth-order valence-corrected chi connectivity index (χ4v) is 3.60. The average molecular weight is 430 g/mol. The van der Waals surface area contributed by atoms with E-state index in [0.29, 0.717) is 5.56 Å². The van der Waals surface area contributed by atoms with Gasteiger partial charge in [0.2, 0.25) is 0 Å². The predicted molar refractivity (Wildman–Crippen MR) is 116 cm³/mol. The third kappa shape index (κ3) is 5.11. The van der Waals surface area contributed by atoms with E-state index in [-0.39, 0.29) is 36.5 Å². The van der Waals surface area contributed by atoms with Gasteiger partial charge in [0.15, 0.2) is 5.13 Å². The number of rotatable bonds is 6. The monoisotopic (exact) mass is 429 g/mol. The van der Waals surface area contributed by atoms with Crippen molar-refractivity contribution in [2.45, 2.75) is 12.8 Å². The number of nitrogens with one attached hydrogen (secondary N) is 2. The molecule has 0 aliphatic heterocycles. The van der Waals surface area contributed by atoms with Crippen LogP contribution in [0.25, 0.3) is 11.1 Å². The Morgan fingerprint density at radius 1 is 1.11 bits per heavy atom. The fraction of sp³-hybridized carbons (Fsp3) is 0.211. The van der Waals surface area contributed by atoms with Crippen LogP contribution in [0.3, 0.4) is 0 Å². The van der Waals surface area contributed by atoms with Crippen LogP contribution in [-0.4, -0.2) is 19.1 Å². The fourth-order valence-electron chi connectivity index (χ4n) is 2.71. The van der Waals surface area contributed by atoms with Gasteiger partial charge < -0.3 is 5.32 Å². The van der Waals surface area contributed by atoms with Crippen molar-refractivity contribution in [2.24, 2.45) is 0 Å². The second-order valence-corrected chi connectivity index (χ2v) is 6.62. The van der Waals surface area contributed by atoms with Gasteiger partial charge in [-0.15, -0.1) is 24.8 Å². The number of hydrogen-bond acceptors (Lipinski definition) is 5. The molecular formula is C19H22Cl2FN3OS. The van der Waals surface area contributed by atoms with E-state index in [2.05, 4.69) is 15.8 Å². The molecule has 0 aliphatic carbocycles. The van der Waals surface area contributed by atoms with E-state index in [0.717, 1.165) is 27.0 Å². The van der Waals surface area contributed by atoms with Gasteiger partial charge >= 0.3 is 0 Å². The summed E-state index contributed by atoms with van der Waals surface area (Å²) in [6, 6.07) is 14.9. The first-order valence-corrected chi connectivity index (χ1v) is 8.78. The zero-order valence-electron chi connectivity index (χ0n) is 15.2. The summed E-state index contributed by atoms with van der Waals surface area (Å²) in [5.74, 6) is -0.309. The molecule has 1 aromatic heterocycles. The van der Waals surface area contributed by atoms with Gasteiger partial charge in [0.1, 0.15) is 10.8 Å². The highest BCUT2D eigenvalue weighted by molar-refractivity contribution is 7.19. The molecule has 146 valence electrons. The molecule has 1 heterocycles. The number of anilines is 2. The van der Waals surface area contributed by atoms with Crippen LogP contribution in [0.4, 0.5) is 14.5 Å². The molecule has 4 nitrogen and oxygen atoms in total. The molecule has 2 aromatic carbocycles. The van der Waals surface area contributed by atoms with Crippen molar-refractivity contribution < 1.29 is 9.23 Å². The largest absolute Gasteiger partial charge is 0.365 e. The molecule has 0 amide bonds. The zero-order chi connectivity index (χ0) is 17.8. The van der Waals surface area contributed by atoms with Gasteiger partial charge in [0.25, 0.3) is 0 Å². The summed E-state index contributed by atoms with van der Waals surface area (Å²) >= 11 is 1.46. The molecule has 8 heteroatoms. The van der Waals surface area contributed by atoms with E-state index in [1.807, 2.05) is 56.4 Å². The van der Waals surface area contributed by atoms with Crippen molar-refractivity contribution in [1.82, 2.24) is 4.98 Å². The standard InChI is InChI=1S/C19H20FN3OS.2ClH/c1-12(17-18(23-24-3)25-19(21-2)22-17)14-9-10-15(16(20)11-14)13-7-5-4-6-8-13;;/h4-12,23H,1-3H3,(H,21,22);2*1H. The smallest absolute Gasteiger partial charge is 0.184 e. The van der Waals surface area contributed by atoms with Gasteiger partial charge in [-0.05, 0) is 17.2 Å². The third-order valence-electron chi connectivity index (χ3n) is 4.05. The topological polar surface area (TPSA) is 46.2 Å². The van der Waals surface area contributed by atoms with Crippen molar-refractivity contribution >= 4 is 46.3 Å². The van der Waals surface area contributed by atoms with Crippen LogP contribution in [0, 0.1) is 5.82 Å². The van der Waals surface area contributed by atoms with Crippen LogP contribution in [-0.2, 0) is 4.84 Å². The van der Waals surface area contributed by atoms with Crippen molar-refractivity contribution in [2.75, 3.05) is 25.0 Å². The molecule has 0 fully saturated rings. The lowest BCUT2D eigenvalue weighted by Crippen LogP contribution is -2.03. The molecule has 0 aliphatic rings. The number of halogens is 3. The second kappa shape index (κ2) is 10.5. The number of benzene rings is 2. The second-order valence-electron chi connectivity index (χ2n) is 5.62. The number of hydrogen-bond donors (Lipinski definition) is 2. The van der Waals surface area contributed by atoms with Gasteiger partial charge in [-0.3, -0.25) is 10.3 Å². The van der Waals surface area contributed by atoms with Gasteiger partial charge in [-0.1, -0.05) is 60.7 Å². The summed E-state index contributed by atoms with van der Waals surface area (Å²) in [6.45, 7) is 2.01. The van der Waals surface area contributed by atoms with Crippen LogP contribution < -0.4 is 10.8 Å². The summed E-state index contributed by atoms with van der Waals surface area (Å²) in [5.41, 5.74) is 6.01. The Hall–Kier alpha value is -1.86. The highest BCUT2D eigenvalue weighted by Crippen LogP contribution is 2.37. The lowest BCUT2D eigenvalue weighted by Gasteiger charge is -2.13. The van der Waals surface area contributed by atoms with Gasteiger partial charge in [0.05, 0.1) is 12.8 Å². The Morgan fingerprint density at radius 3 is 2.41 bits per heavy atom. The molecule has 2 N–H and O–H groups in total. The van der Waals surface area contributed by atoms with E-state index in [1.165, 1.54) is 11.3 Å². The quantitative estimate of drug-likeness (QED) is 0.474. The Bertz CT molecular complexity index is 861. The molecule has 0 spiro atoms. The molecule has 1 atom stereocenters. The van der Waals surface area contributed by atoms with Crippen LogP contribution >= 0.6 is 36.2 Å². The summed E-state index contributed by atoms with van der Waals surface area (Å²) in [6.07, 6.45) is 0. The van der Waals surface area contributed by atoms with Crippen molar-refractivity contribution in [3.05, 3.63) is 65.6 Å². The van der Waals surface area contributed by atoms with Crippen LogP contribution in [0.15, 0.2) is 48.5 Å². The molecule has 0 radical (unpaired) electrons. The molecular weight excluding hydrogens is 408 g/mol. The van der Waals surface area contributed by atoms with E-state index in [1.54, 1.807) is 13.2 Å². The number of nitrogens with zero attached hydrogens (tertiary/aromatic N) is 1. The van der Waals surface area contributed by atoms with E-state index in [4.69, 9.17) is 4.84 Å². The average Bonchev–Trinajstić information content (AvgIpc) is 3.05. The zero-order valence-corrected chi connectivity index (χ0v) is 17.6. The molecule has 3 aromatic rings. The molecule has 0 saturated carbocycles. The number of thiazole rings is 1. The van der Waals surface area contributed by atoms with E-state index < -0.39 is 0 Å². The lowest BCUT2D eigenvalue weighted by atomic mass is 9.95. The summed E-state index contributed by atoms with van der Waals surface area (Å²) < 4.78 is 14.7.